The number of carbonyl (C=O) groups excluding carboxylic acids is 1. The van der Waals surface area contributed by atoms with Gasteiger partial charge in [0.1, 0.15) is 5.82 Å². The number of anilines is 1. The SMILES string of the molecule is CCS(=O)(=O)c1ccc(C(=O)Nc2nc3ccc(F)cc3s2)cc1. The first kappa shape index (κ1) is 16.5. The van der Waals surface area contributed by atoms with Crippen molar-refractivity contribution in [3.05, 3.63) is 53.8 Å². The maximum absolute atomic E-state index is 13.2. The number of hydrogen-bond acceptors (Lipinski definition) is 5. The molecule has 2 aromatic carbocycles. The van der Waals surface area contributed by atoms with E-state index in [0.29, 0.717) is 20.9 Å². The van der Waals surface area contributed by atoms with Crippen molar-refractivity contribution in [3.63, 3.8) is 0 Å². The van der Waals surface area contributed by atoms with E-state index in [9.17, 15) is 17.6 Å². The summed E-state index contributed by atoms with van der Waals surface area (Å²) in [6.07, 6.45) is 0. The minimum atomic E-state index is -3.30. The van der Waals surface area contributed by atoms with Gasteiger partial charge in [-0.2, -0.15) is 0 Å². The van der Waals surface area contributed by atoms with E-state index in [4.69, 9.17) is 0 Å². The molecule has 0 bridgehead atoms. The monoisotopic (exact) mass is 364 g/mol. The topological polar surface area (TPSA) is 76.1 Å². The van der Waals surface area contributed by atoms with Gasteiger partial charge >= 0.3 is 0 Å². The Balaban J connectivity index is 1.81. The number of sulfone groups is 1. The number of rotatable bonds is 4. The highest BCUT2D eigenvalue weighted by atomic mass is 32.2. The fraction of sp³-hybridized carbons (Fsp3) is 0.125. The third-order valence-corrected chi connectivity index (χ3v) is 6.11. The van der Waals surface area contributed by atoms with Crippen molar-refractivity contribution in [2.75, 3.05) is 11.1 Å². The molecule has 0 atom stereocenters. The van der Waals surface area contributed by atoms with Crippen LogP contribution in [0.3, 0.4) is 0 Å². The maximum Gasteiger partial charge on any atom is 0.257 e. The second-order valence-electron chi connectivity index (χ2n) is 5.01. The van der Waals surface area contributed by atoms with Crippen LogP contribution >= 0.6 is 11.3 Å². The molecule has 1 amide bonds. The molecular weight excluding hydrogens is 351 g/mol. The molecule has 1 aromatic heterocycles. The van der Waals surface area contributed by atoms with Crippen LogP contribution in [0.5, 0.6) is 0 Å². The van der Waals surface area contributed by atoms with Gasteiger partial charge in [-0.25, -0.2) is 17.8 Å². The predicted octanol–water partition coefficient (Wildman–Crippen LogP) is 3.48. The molecule has 0 aliphatic rings. The zero-order valence-electron chi connectivity index (χ0n) is 12.6. The van der Waals surface area contributed by atoms with Crippen LogP contribution in [0.2, 0.25) is 0 Å². The third-order valence-electron chi connectivity index (χ3n) is 3.43. The number of aromatic nitrogens is 1. The molecule has 3 rings (SSSR count). The average Bonchev–Trinajstić information content (AvgIpc) is 2.96. The second-order valence-corrected chi connectivity index (χ2v) is 8.32. The van der Waals surface area contributed by atoms with E-state index in [0.717, 1.165) is 0 Å². The van der Waals surface area contributed by atoms with Gasteiger partial charge in [0.05, 0.1) is 20.9 Å². The Morgan fingerprint density at radius 2 is 1.92 bits per heavy atom. The lowest BCUT2D eigenvalue weighted by molar-refractivity contribution is 0.102. The number of nitrogens with zero attached hydrogens (tertiary/aromatic N) is 1. The minimum absolute atomic E-state index is 0.000801. The molecule has 1 N–H and O–H groups in total. The van der Waals surface area contributed by atoms with Crippen LogP contribution in [0.1, 0.15) is 17.3 Å². The van der Waals surface area contributed by atoms with E-state index in [2.05, 4.69) is 10.3 Å². The molecule has 0 radical (unpaired) electrons. The van der Waals surface area contributed by atoms with Crippen LogP contribution in [0.25, 0.3) is 10.2 Å². The molecule has 3 aromatic rings. The third kappa shape index (κ3) is 3.29. The summed E-state index contributed by atoms with van der Waals surface area (Å²) in [5, 5.41) is 2.99. The van der Waals surface area contributed by atoms with Crippen molar-refractivity contribution in [2.24, 2.45) is 0 Å². The van der Waals surface area contributed by atoms with Gasteiger partial charge in [-0.15, -0.1) is 0 Å². The number of hydrogen-bond donors (Lipinski definition) is 1. The van der Waals surface area contributed by atoms with E-state index in [1.807, 2.05) is 0 Å². The summed E-state index contributed by atoms with van der Waals surface area (Å²) in [6.45, 7) is 1.56. The Bertz CT molecular complexity index is 1010. The molecule has 124 valence electrons. The largest absolute Gasteiger partial charge is 0.298 e. The maximum atomic E-state index is 13.2. The van der Waals surface area contributed by atoms with Crippen molar-refractivity contribution in [1.29, 1.82) is 0 Å². The van der Waals surface area contributed by atoms with Crippen LogP contribution < -0.4 is 5.32 Å². The van der Waals surface area contributed by atoms with E-state index < -0.39 is 15.7 Å². The number of fused-ring (bicyclic) bond motifs is 1. The molecule has 8 heteroatoms. The van der Waals surface area contributed by atoms with Crippen molar-refractivity contribution in [1.82, 2.24) is 4.98 Å². The molecule has 5 nitrogen and oxygen atoms in total. The van der Waals surface area contributed by atoms with Gasteiger partial charge in [0.25, 0.3) is 5.91 Å². The van der Waals surface area contributed by atoms with Crippen LogP contribution in [0.15, 0.2) is 47.4 Å². The molecule has 0 aliphatic heterocycles. The highest BCUT2D eigenvalue weighted by Gasteiger charge is 2.14. The first-order chi connectivity index (χ1) is 11.4. The van der Waals surface area contributed by atoms with Crippen LogP contribution in [0, 0.1) is 5.82 Å². The Morgan fingerprint density at radius 1 is 1.21 bits per heavy atom. The lowest BCUT2D eigenvalue weighted by atomic mass is 10.2. The Kier molecular flexibility index (Phi) is 4.33. The smallest absolute Gasteiger partial charge is 0.257 e. The summed E-state index contributed by atoms with van der Waals surface area (Å²) in [6, 6.07) is 9.91. The zero-order valence-corrected chi connectivity index (χ0v) is 14.2. The van der Waals surface area contributed by atoms with E-state index in [-0.39, 0.29) is 16.5 Å². The fourth-order valence-electron chi connectivity index (χ4n) is 2.10. The van der Waals surface area contributed by atoms with Crippen molar-refractivity contribution >= 4 is 42.4 Å². The van der Waals surface area contributed by atoms with Crippen molar-refractivity contribution < 1.29 is 17.6 Å². The summed E-state index contributed by atoms with van der Waals surface area (Å²) in [5.74, 6) is -0.771. The molecule has 0 aliphatic carbocycles. The first-order valence-electron chi connectivity index (χ1n) is 7.09. The lowest BCUT2D eigenvalue weighted by Gasteiger charge is -2.04. The Morgan fingerprint density at radius 3 is 2.58 bits per heavy atom. The summed E-state index contributed by atoms with van der Waals surface area (Å²) in [7, 11) is -3.30. The van der Waals surface area contributed by atoms with Gasteiger partial charge in [-0.1, -0.05) is 18.3 Å². The fourth-order valence-corrected chi connectivity index (χ4v) is 3.87. The summed E-state index contributed by atoms with van der Waals surface area (Å²) >= 11 is 1.17. The highest BCUT2D eigenvalue weighted by Crippen LogP contribution is 2.26. The van der Waals surface area contributed by atoms with E-state index in [1.165, 1.54) is 47.7 Å². The number of thiazole rings is 1. The quantitative estimate of drug-likeness (QED) is 0.769. The van der Waals surface area contributed by atoms with Gasteiger partial charge in [-0.05, 0) is 42.5 Å². The number of amides is 1. The summed E-state index contributed by atoms with van der Waals surface area (Å²) < 4.78 is 37.3. The van der Waals surface area contributed by atoms with Crippen LogP contribution in [-0.2, 0) is 9.84 Å². The molecule has 0 fully saturated rings. The highest BCUT2D eigenvalue weighted by molar-refractivity contribution is 7.91. The van der Waals surface area contributed by atoms with Gasteiger partial charge in [0.2, 0.25) is 0 Å². The molecule has 0 spiro atoms. The molecule has 1 heterocycles. The molecule has 0 saturated carbocycles. The minimum Gasteiger partial charge on any atom is -0.298 e. The number of carbonyl (C=O) groups is 1. The van der Waals surface area contributed by atoms with Crippen LogP contribution in [-0.4, -0.2) is 25.1 Å². The average molecular weight is 364 g/mol. The normalized spacial score (nSPS) is 11.6. The van der Waals surface area contributed by atoms with Gasteiger partial charge in [0, 0.05) is 5.56 Å². The van der Waals surface area contributed by atoms with E-state index in [1.54, 1.807) is 13.0 Å². The van der Waals surface area contributed by atoms with Gasteiger partial charge in [0.15, 0.2) is 15.0 Å². The number of halogens is 1. The molecule has 0 unspecified atom stereocenters. The predicted molar refractivity (Wildman–Crippen MR) is 91.7 cm³/mol. The van der Waals surface area contributed by atoms with Gasteiger partial charge in [-0.3, -0.25) is 10.1 Å². The van der Waals surface area contributed by atoms with Gasteiger partial charge < -0.3 is 0 Å². The number of nitrogens with one attached hydrogen (secondary N) is 1. The molecule has 0 saturated heterocycles. The second kappa shape index (κ2) is 6.29. The summed E-state index contributed by atoms with van der Waals surface area (Å²) in [4.78, 5) is 16.6. The zero-order chi connectivity index (χ0) is 17.3. The van der Waals surface area contributed by atoms with Crippen LogP contribution in [0.4, 0.5) is 9.52 Å². The molecule has 24 heavy (non-hydrogen) atoms. The molecular formula is C16H13FN2O3S2. The van der Waals surface area contributed by atoms with Crippen molar-refractivity contribution in [3.8, 4) is 0 Å². The lowest BCUT2D eigenvalue weighted by Crippen LogP contribution is -2.12. The Labute approximate surface area is 142 Å². The van der Waals surface area contributed by atoms with Crippen molar-refractivity contribution in [2.45, 2.75) is 11.8 Å². The Hall–Kier alpha value is -2.32. The number of benzene rings is 2. The first-order valence-corrected chi connectivity index (χ1v) is 9.56. The summed E-state index contributed by atoms with van der Waals surface area (Å²) in [5.41, 5.74) is 0.913. The van der Waals surface area contributed by atoms with E-state index >= 15 is 0 Å². The standard InChI is InChI=1S/C16H13FN2O3S2/c1-2-24(21,22)12-6-3-10(4-7-12)15(20)19-16-18-13-8-5-11(17)9-14(13)23-16/h3-9H,2H2,1H3,(H,18,19,20).